The van der Waals surface area contributed by atoms with E-state index in [4.69, 9.17) is 9.47 Å². The average molecular weight is 792 g/mol. The van der Waals surface area contributed by atoms with Gasteiger partial charge in [0.2, 0.25) is 0 Å². The van der Waals surface area contributed by atoms with Gasteiger partial charge in [0.15, 0.2) is 23.0 Å². The molecular weight excluding hydrogens is 755 g/mol. The highest BCUT2D eigenvalue weighted by Crippen LogP contribution is 2.65. The molecule has 1 spiro atoms. The van der Waals surface area contributed by atoms with Crippen molar-refractivity contribution in [1.29, 1.82) is 0 Å². The first-order valence-corrected chi connectivity index (χ1v) is 21.2. The summed E-state index contributed by atoms with van der Waals surface area (Å²) in [6.07, 6.45) is 0. The summed E-state index contributed by atoms with van der Waals surface area (Å²) in [5.41, 5.74) is 17.2. The van der Waals surface area contributed by atoms with Crippen LogP contribution < -0.4 is 14.4 Å². The fraction of sp³-hybridized carbons (Fsp3) is 0.0169. The number of rotatable bonds is 5. The second kappa shape index (κ2) is 13.4. The number of anilines is 3. The lowest BCUT2D eigenvalue weighted by Gasteiger charge is -2.31. The fourth-order valence-electron chi connectivity index (χ4n) is 10.4. The molecule has 290 valence electrons. The Bertz CT molecular complexity index is 3380. The molecule has 3 heteroatoms. The van der Waals surface area contributed by atoms with Gasteiger partial charge in [0, 0.05) is 22.6 Å². The lowest BCUT2D eigenvalue weighted by atomic mass is 9.70. The predicted octanol–water partition coefficient (Wildman–Crippen LogP) is 15.9. The zero-order chi connectivity index (χ0) is 40.8. The van der Waals surface area contributed by atoms with Gasteiger partial charge >= 0.3 is 0 Å². The lowest BCUT2D eigenvalue weighted by Crippen LogP contribution is -2.25. The Balaban J connectivity index is 0.866. The number of fused-ring (bicyclic) bond motifs is 13. The van der Waals surface area contributed by atoms with Crippen molar-refractivity contribution in [2.45, 2.75) is 5.41 Å². The summed E-state index contributed by atoms with van der Waals surface area (Å²) < 4.78 is 13.8. The van der Waals surface area contributed by atoms with Crippen LogP contribution in [0.3, 0.4) is 0 Å². The minimum atomic E-state index is -0.460. The van der Waals surface area contributed by atoms with Crippen molar-refractivity contribution in [3.8, 4) is 67.5 Å². The fourth-order valence-corrected chi connectivity index (χ4v) is 10.4. The van der Waals surface area contributed by atoms with Gasteiger partial charge in [-0.15, -0.1) is 0 Å². The van der Waals surface area contributed by atoms with Gasteiger partial charge in [0.1, 0.15) is 0 Å². The van der Waals surface area contributed by atoms with Gasteiger partial charge in [-0.2, -0.15) is 0 Å². The summed E-state index contributed by atoms with van der Waals surface area (Å²) in [6.45, 7) is 0. The van der Waals surface area contributed by atoms with Crippen molar-refractivity contribution in [2.75, 3.05) is 4.90 Å². The molecule has 0 radical (unpaired) electrons. The summed E-state index contributed by atoms with van der Waals surface area (Å²) in [7, 11) is 0. The summed E-state index contributed by atoms with van der Waals surface area (Å²) in [6, 6.07) is 80.6. The molecular formula is C59H37NO2. The van der Waals surface area contributed by atoms with Crippen LogP contribution in [-0.4, -0.2) is 0 Å². The molecule has 3 nitrogen and oxygen atoms in total. The third-order valence-electron chi connectivity index (χ3n) is 13.1. The summed E-state index contributed by atoms with van der Waals surface area (Å²) in [4.78, 5) is 2.33. The second-order valence-electron chi connectivity index (χ2n) is 16.4. The van der Waals surface area contributed by atoms with E-state index in [1.54, 1.807) is 0 Å². The van der Waals surface area contributed by atoms with E-state index in [0.29, 0.717) is 5.75 Å². The van der Waals surface area contributed by atoms with Crippen LogP contribution in [0, 0.1) is 0 Å². The van der Waals surface area contributed by atoms with E-state index in [0.717, 1.165) is 56.6 Å². The molecule has 0 fully saturated rings. The quantitative estimate of drug-likeness (QED) is 0.173. The van der Waals surface area contributed by atoms with Crippen molar-refractivity contribution in [3.05, 3.63) is 247 Å². The summed E-state index contributed by atoms with van der Waals surface area (Å²) in [5.74, 6) is 2.88. The van der Waals surface area contributed by atoms with E-state index in [9.17, 15) is 0 Å². The third kappa shape index (κ3) is 5.06. The summed E-state index contributed by atoms with van der Waals surface area (Å²) in [5, 5.41) is 2.44. The maximum absolute atomic E-state index is 7.00. The van der Waals surface area contributed by atoms with Gasteiger partial charge in [-0.1, -0.05) is 170 Å². The third-order valence-corrected chi connectivity index (χ3v) is 13.1. The van der Waals surface area contributed by atoms with E-state index < -0.39 is 5.41 Å². The number of benzene rings is 10. The van der Waals surface area contributed by atoms with Crippen LogP contribution in [0.4, 0.5) is 17.1 Å². The van der Waals surface area contributed by atoms with Gasteiger partial charge < -0.3 is 14.4 Å². The van der Waals surface area contributed by atoms with Crippen molar-refractivity contribution in [3.63, 3.8) is 0 Å². The minimum Gasteiger partial charge on any atom is -0.449 e. The Kier molecular flexibility index (Phi) is 7.52. The standard InChI is InChI=1S/C59H37NO2/c1-2-17-43(18-3-1)60(45-33-32-38-14-4-5-15-41(38)35-45)44-19-12-16-42(34-44)39-28-30-40(31-29-39)46-23-13-27-55-58(46)62-57-37-54-50(36-56(57)61-55)49-22-8-11-26-53(49)59(54)51-24-9-6-20-47(51)48-21-7-10-25-52(48)59/h1-37H. The molecule has 2 aliphatic carbocycles. The molecule has 62 heavy (non-hydrogen) atoms. The maximum atomic E-state index is 7.00. The Labute approximate surface area is 360 Å². The smallest absolute Gasteiger partial charge is 0.177 e. The van der Waals surface area contributed by atoms with E-state index in [1.807, 2.05) is 6.07 Å². The lowest BCUT2D eigenvalue weighted by molar-refractivity contribution is 0.360. The molecule has 0 bridgehead atoms. The topological polar surface area (TPSA) is 21.7 Å². The van der Waals surface area contributed by atoms with Crippen molar-refractivity contribution >= 4 is 27.8 Å². The Morgan fingerprint density at radius 1 is 0.290 bits per heavy atom. The number of para-hydroxylation sites is 2. The van der Waals surface area contributed by atoms with Gasteiger partial charge in [-0.25, -0.2) is 0 Å². The Morgan fingerprint density at radius 3 is 1.60 bits per heavy atom. The van der Waals surface area contributed by atoms with Crippen LogP contribution in [0.1, 0.15) is 22.3 Å². The molecule has 0 saturated heterocycles. The molecule has 1 aliphatic heterocycles. The number of hydrogen-bond acceptors (Lipinski definition) is 3. The van der Waals surface area contributed by atoms with Crippen LogP contribution in [0.25, 0.3) is 55.3 Å². The van der Waals surface area contributed by atoms with Crippen molar-refractivity contribution < 1.29 is 9.47 Å². The summed E-state index contributed by atoms with van der Waals surface area (Å²) >= 11 is 0. The number of hydrogen-bond donors (Lipinski definition) is 0. The van der Waals surface area contributed by atoms with Gasteiger partial charge in [0.05, 0.1) is 5.41 Å². The maximum Gasteiger partial charge on any atom is 0.177 e. The molecule has 0 atom stereocenters. The normalized spacial score (nSPS) is 13.2. The average Bonchev–Trinajstić information content (AvgIpc) is 3.80. The first-order chi connectivity index (χ1) is 30.7. The molecule has 3 aliphatic rings. The van der Waals surface area contributed by atoms with Gasteiger partial charge in [-0.3, -0.25) is 0 Å². The number of nitrogens with zero attached hydrogens (tertiary/aromatic N) is 1. The van der Waals surface area contributed by atoms with E-state index in [2.05, 4.69) is 223 Å². The van der Waals surface area contributed by atoms with E-state index in [-0.39, 0.29) is 0 Å². The number of ether oxygens (including phenoxy) is 2. The molecule has 0 unspecified atom stereocenters. The molecule has 10 aromatic rings. The van der Waals surface area contributed by atoms with Crippen molar-refractivity contribution in [1.82, 2.24) is 0 Å². The zero-order valence-electron chi connectivity index (χ0n) is 33.6. The van der Waals surface area contributed by atoms with Crippen LogP contribution in [0.2, 0.25) is 0 Å². The van der Waals surface area contributed by atoms with Crippen LogP contribution in [0.5, 0.6) is 23.0 Å². The van der Waals surface area contributed by atoms with Crippen LogP contribution in [0.15, 0.2) is 224 Å². The van der Waals surface area contributed by atoms with Crippen LogP contribution >= 0.6 is 0 Å². The van der Waals surface area contributed by atoms with Crippen molar-refractivity contribution in [2.24, 2.45) is 0 Å². The molecule has 0 aromatic heterocycles. The predicted molar refractivity (Wildman–Crippen MR) is 252 cm³/mol. The zero-order valence-corrected chi connectivity index (χ0v) is 33.6. The van der Waals surface area contributed by atoms with E-state index >= 15 is 0 Å². The highest BCUT2D eigenvalue weighted by molar-refractivity contribution is 5.96. The van der Waals surface area contributed by atoms with Gasteiger partial charge in [0.25, 0.3) is 0 Å². The van der Waals surface area contributed by atoms with Crippen LogP contribution in [-0.2, 0) is 5.41 Å². The Hall–Kier alpha value is -8.14. The molecule has 0 N–H and O–H groups in total. The van der Waals surface area contributed by atoms with E-state index in [1.165, 1.54) is 55.3 Å². The molecule has 0 amide bonds. The first kappa shape index (κ1) is 34.7. The SMILES string of the molecule is c1ccc(N(c2cccc(-c3ccc(-c4cccc5c4Oc4cc6c(cc4O5)-c4ccccc4C64c5ccccc5-c5ccccc54)cc3)c2)c2ccc3ccccc3c2)cc1. The molecule has 1 heterocycles. The molecule has 0 saturated carbocycles. The second-order valence-corrected chi connectivity index (χ2v) is 16.4. The highest BCUT2D eigenvalue weighted by atomic mass is 16.6. The molecule has 10 aromatic carbocycles. The Morgan fingerprint density at radius 2 is 0.855 bits per heavy atom. The van der Waals surface area contributed by atoms with Gasteiger partial charge in [-0.05, 0) is 127 Å². The minimum absolute atomic E-state index is 0.460. The highest BCUT2D eigenvalue weighted by Gasteiger charge is 2.52. The largest absolute Gasteiger partial charge is 0.449 e. The monoisotopic (exact) mass is 791 g/mol. The molecule has 13 rings (SSSR count). The first-order valence-electron chi connectivity index (χ1n) is 21.2.